The fourth-order valence-electron chi connectivity index (χ4n) is 2.93. The molecule has 0 fully saturated rings. The summed E-state index contributed by atoms with van der Waals surface area (Å²) in [6, 6.07) is 13.4. The minimum Gasteiger partial charge on any atom is -0.497 e. The molecule has 0 aromatic heterocycles. The van der Waals surface area contributed by atoms with Crippen LogP contribution in [0.2, 0.25) is 5.02 Å². The molecular weight excluding hydrogens is 338 g/mol. The molecule has 1 amide bonds. The summed E-state index contributed by atoms with van der Waals surface area (Å²) in [7, 11) is 3.26. The number of nitrogens with zero attached hydrogens (tertiary/aromatic N) is 2. The summed E-state index contributed by atoms with van der Waals surface area (Å²) in [6.45, 7) is 1.91. The molecule has 130 valence electrons. The van der Waals surface area contributed by atoms with Crippen LogP contribution >= 0.6 is 11.6 Å². The lowest BCUT2D eigenvalue weighted by atomic mass is 9.86. The maximum atomic E-state index is 12.2. The Morgan fingerprint density at radius 2 is 1.92 bits per heavy atom. The lowest BCUT2D eigenvalue weighted by molar-refractivity contribution is -0.128. The zero-order valence-electron chi connectivity index (χ0n) is 14.4. The third kappa shape index (κ3) is 3.20. The van der Waals surface area contributed by atoms with Crippen LogP contribution in [-0.2, 0) is 10.3 Å². The number of hydrogen-bond acceptors (Lipinski definition) is 4. The number of carbonyl (C=O) groups excluding carboxylic acids is 1. The largest absolute Gasteiger partial charge is 0.497 e. The topological polar surface area (TPSA) is 67.9 Å². The molecule has 5 nitrogen and oxygen atoms in total. The van der Waals surface area contributed by atoms with Crippen LogP contribution in [0.1, 0.15) is 18.9 Å². The lowest BCUT2D eigenvalue weighted by Gasteiger charge is -2.34. The van der Waals surface area contributed by atoms with Crippen LogP contribution < -0.4 is 10.5 Å². The molecule has 2 aromatic carbocycles. The standard InChI is InChI=1S/C19H20ClN3O2/c1-19(11-17(24)23(2)18(21)22-19)13-6-9-16(20)15(10-13)12-4-7-14(25-3)8-5-12/h4-10H,11H2,1-3H3,(H2,21,22). The molecule has 1 aliphatic rings. The number of carbonyl (C=O) groups is 1. The minimum absolute atomic E-state index is 0.0593. The van der Waals surface area contributed by atoms with Gasteiger partial charge in [0.1, 0.15) is 5.75 Å². The molecule has 0 saturated heterocycles. The number of aliphatic imine (C=N–C) groups is 1. The van der Waals surface area contributed by atoms with Crippen molar-refractivity contribution < 1.29 is 9.53 Å². The second-order valence-electron chi connectivity index (χ2n) is 6.30. The number of halogens is 1. The molecule has 3 rings (SSSR count). The van der Waals surface area contributed by atoms with E-state index in [9.17, 15) is 4.79 Å². The average molecular weight is 358 g/mol. The Morgan fingerprint density at radius 1 is 1.24 bits per heavy atom. The predicted octanol–water partition coefficient (Wildman–Crippen LogP) is 3.41. The first-order valence-electron chi connectivity index (χ1n) is 7.90. The van der Waals surface area contributed by atoms with E-state index in [1.165, 1.54) is 4.90 Å². The van der Waals surface area contributed by atoms with E-state index in [-0.39, 0.29) is 18.3 Å². The van der Waals surface area contributed by atoms with Crippen molar-refractivity contribution in [2.45, 2.75) is 18.9 Å². The van der Waals surface area contributed by atoms with E-state index >= 15 is 0 Å². The summed E-state index contributed by atoms with van der Waals surface area (Å²) in [6.07, 6.45) is 0.258. The van der Waals surface area contributed by atoms with Crippen LogP contribution in [0.5, 0.6) is 5.75 Å². The number of nitrogens with two attached hydrogens (primary N) is 1. The molecule has 1 atom stereocenters. The van der Waals surface area contributed by atoms with Crippen molar-refractivity contribution >= 4 is 23.5 Å². The maximum Gasteiger partial charge on any atom is 0.231 e. The normalized spacial score (nSPS) is 20.4. The summed E-state index contributed by atoms with van der Waals surface area (Å²) in [4.78, 5) is 18.1. The number of rotatable bonds is 3. The van der Waals surface area contributed by atoms with Gasteiger partial charge in [-0.2, -0.15) is 0 Å². The second kappa shape index (κ2) is 6.41. The first kappa shape index (κ1) is 17.3. The van der Waals surface area contributed by atoms with Gasteiger partial charge in [-0.1, -0.05) is 29.8 Å². The number of amides is 1. The van der Waals surface area contributed by atoms with E-state index < -0.39 is 5.54 Å². The van der Waals surface area contributed by atoms with Crippen LogP contribution in [0.15, 0.2) is 47.5 Å². The Hall–Kier alpha value is -2.53. The second-order valence-corrected chi connectivity index (χ2v) is 6.70. The summed E-state index contributed by atoms with van der Waals surface area (Å²) in [5.74, 6) is 0.942. The van der Waals surface area contributed by atoms with Crippen molar-refractivity contribution in [3.63, 3.8) is 0 Å². The molecule has 2 N–H and O–H groups in total. The summed E-state index contributed by atoms with van der Waals surface area (Å²) >= 11 is 6.40. The highest BCUT2D eigenvalue weighted by atomic mass is 35.5. The van der Waals surface area contributed by atoms with Gasteiger partial charge in [0.05, 0.1) is 19.1 Å². The van der Waals surface area contributed by atoms with E-state index in [4.69, 9.17) is 22.1 Å². The molecule has 6 heteroatoms. The molecule has 0 aliphatic carbocycles. The fourth-order valence-corrected chi connectivity index (χ4v) is 3.15. The van der Waals surface area contributed by atoms with Gasteiger partial charge in [0.15, 0.2) is 5.96 Å². The van der Waals surface area contributed by atoms with Crippen molar-refractivity contribution in [2.75, 3.05) is 14.2 Å². The quantitative estimate of drug-likeness (QED) is 0.915. The Bertz CT molecular complexity index is 848. The Balaban J connectivity index is 2.06. The van der Waals surface area contributed by atoms with Gasteiger partial charge in [0.25, 0.3) is 0 Å². The van der Waals surface area contributed by atoms with E-state index in [1.54, 1.807) is 14.2 Å². The van der Waals surface area contributed by atoms with Gasteiger partial charge in [-0.25, -0.2) is 4.99 Å². The highest BCUT2D eigenvalue weighted by molar-refractivity contribution is 6.33. The van der Waals surface area contributed by atoms with Crippen LogP contribution in [0, 0.1) is 0 Å². The zero-order valence-corrected chi connectivity index (χ0v) is 15.2. The SMILES string of the molecule is COc1ccc(-c2cc(C3(C)CC(=O)N(C)C(N)=N3)ccc2Cl)cc1. The van der Waals surface area contributed by atoms with Crippen molar-refractivity contribution in [3.8, 4) is 16.9 Å². The van der Waals surface area contributed by atoms with Gasteiger partial charge in [0, 0.05) is 17.6 Å². The molecule has 2 aromatic rings. The molecule has 0 bridgehead atoms. The highest BCUT2D eigenvalue weighted by Crippen LogP contribution is 2.37. The van der Waals surface area contributed by atoms with Gasteiger partial charge in [-0.05, 0) is 42.3 Å². The van der Waals surface area contributed by atoms with E-state index in [0.29, 0.717) is 5.02 Å². The van der Waals surface area contributed by atoms with Crippen molar-refractivity contribution in [1.82, 2.24) is 4.90 Å². The van der Waals surface area contributed by atoms with Gasteiger partial charge < -0.3 is 10.5 Å². The minimum atomic E-state index is -0.709. The third-order valence-corrected chi connectivity index (χ3v) is 4.89. The van der Waals surface area contributed by atoms with Gasteiger partial charge >= 0.3 is 0 Å². The number of ether oxygens (including phenoxy) is 1. The van der Waals surface area contributed by atoms with Crippen molar-refractivity contribution in [1.29, 1.82) is 0 Å². The van der Waals surface area contributed by atoms with Crippen LogP contribution in [0.3, 0.4) is 0 Å². The predicted molar refractivity (Wildman–Crippen MR) is 99.8 cm³/mol. The van der Waals surface area contributed by atoms with E-state index in [2.05, 4.69) is 4.99 Å². The van der Waals surface area contributed by atoms with Crippen LogP contribution in [0.25, 0.3) is 11.1 Å². The average Bonchev–Trinajstić information content (AvgIpc) is 2.60. The van der Waals surface area contributed by atoms with Crippen molar-refractivity contribution in [3.05, 3.63) is 53.1 Å². The first-order chi connectivity index (χ1) is 11.8. The summed E-state index contributed by atoms with van der Waals surface area (Å²) in [5.41, 5.74) is 7.94. The Labute approximate surface area is 152 Å². The molecule has 1 unspecified atom stereocenters. The van der Waals surface area contributed by atoms with E-state index in [0.717, 1.165) is 22.4 Å². The van der Waals surface area contributed by atoms with Crippen LogP contribution in [-0.4, -0.2) is 30.9 Å². The fraction of sp³-hybridized carbons (Fsp3) is 0.263. The summed E-state index contributed by atoms with van der Waals surface area (Å²) in [5, 5.41) is 0.633. The van der Waals surface area contributed by atoms with E-state index in [1.807, 2.05) is 49.4 Å². The molecule has 0 saturated carbocycles. The number of benzene rings is 2. The number of hydrogen-bond donors (Lipinski definition) is 1. The Kier molecular flexibility index (Phi) is 4.43. The zero-order chi connectivity index (χ0) is 18.2. The lowest BCUT2D eigenvalue weighted by Crippen LogP contribution is -2.47. The third-order valence-electron chi connectivity index (χ3n) is 4.56. The molecule has 0 radical (unpaired) electrons. The van der Waals surface area contributed by atoms with Gasteiger partial charge in [-0.3, -0.25) is 9.69 Å². The van der Waals surface area contributed by atoms with Crippen LogP contribution in [0.4, 0.5) is 0 Å². The number of guanidine groups is 1. The smallest absolute Gasteiger partial charge is 0.231 e. The molecular formula is C19H20ClN3O2. The highest BCUT2D eigenvalue weighted by Gasteiger charge is 2.36. The van der Waals surface area contributed by atoms with Gasteiger partial charge in [-0.15, -0.1) is 0 Å². The maximum absolute atomic E-state index is 12.2. The van der Waals surface area contributed by atoms with Crippen molar-refractivity contribution in [2.24, 2.45) is 10.7 Å². The molecule has 25 heavy (non-hydrogen) atoms. The monoisotopic (exact) mass is 357 g/mol. The first-order valence-corrected chi connectivity index (χ1v) is 8.28. The van der Waals surface area contributed by atoms with Gasteiger partial charge in [0.2, 0.25) is 5.91 Å². The summed E-state index contributed by atoms with van der Waals surface area (Å²) < 4.78 is 5.20. The molecule has 0 spiro atoms. The Morgan fingerprint density at radius 3 is 2.52 bits per heavy atom. The molecule has 1 aliphatic heterocycles. The molecule has 1 heterocycles. The number of methoxy groups -OCH3 is 1.